The Labute approximate surface area is 329 Å². The van der Waals surface area contributed by atoms with Gasteiger partial charge in [0, 0.05) is 22.2 Å². The molecule has 0 saturated heterocycles. The molecule has 0 heterocycles. The zero-order valence-electron chi connectivity index (χ0n) is 31.7. The summed E-state index contributed by atoms with van der Waals surface area (Å²) in [6, 6.07) is 77.7. The van der Waals surface area contributed by atoms with Gasteiger partial charge in [0.25, 0.3) is 0 Å². The molecular weight excluding hydrogens is 675 g/mol. The highest BCUT2D eigenvalue weighted by atomic mass is 15.1. The molecule has 0 bridgehead atoms. The molecule has 0 aliphatic heterocycles. The summed E-state index contributed by atoms with van der Waals surface area (Å²) >= 11 is 0. The molecule has 10 rings (SSSR count). The van der Waals surface area contributed by atoms with Gasteiger partial charge in [-0.1, -0.05) is 202 Å². The minimum absolute atomic E-state index is 0.139. The van der Waals surface area contributed by atoms with Crippen molar-refractivity contribution in [1.29, 1.82) is 0 Å². The molecule has 0 fully saturated rings. The van der Waals surface area contributed by atoms with E-state index in [0.29, 0.717) is 0 Å². The first-order valence-electron chi connectivity index (χ1n) is 19.5. The van der Waals surface area contributed by atoms with Crippen LogP contribution in [0.4, 0.5) is 17.1 Å². The molecular formula is C55H41N. The molecule has 9 aromatic carbocycles. The van der Waals surface area contributed by atoms with Crippen LogP contribution in [-0.4, -0.2) is 0 Å². The van der Waals surface area contributed by atoms with Crippen LogP contribution in [0.2, 0.25) is 0 Å². The molecule has 1 aliphatic carbocycles. The molecule has 0 unspecified atom stereocenters. The van der Waals surface area contributed by atoms with E-state index in [1.807, 2.05) is 0 Å². The van der Waals surface area contributed by atoms with Gasteiger partial charge in [-0.2, -0.15) is 0 Å². The van der Waals surface area contributed by atoms with E-state index in [1.54, 1.807) is 0 Å². The minimum atomic E-state index is -0.139. The van der Waals surface area contributed by atoms with Crippen LogP contribution in [0.5, 0.6) is 0 Å². The molecule has 0 radical (unpaired) electrons. The van der Waals surface area contributed by atoms with Crippen LogP contribution in [0.1, 0.15) is 25.0 Å². The van der Waals surface area contributed by atoms with Crippen molar-refractivity contribution in [1.82, 2.24) is 0 Å². The third kappa shape index (κ3) is 5.63. The van der Waals surface area contributed by atoms with Crippen molar-refractivity contribution in [2.24, 2.45) is 0 Å². The van der Waals surface area contributed by atoms with Crippen molar-refractivity contribution in [3.05, 3.63) is 223 Å². The third-order valence-corrected chi connectivity index (χ3v) is 11.7. The monoisotopic (exact) mass is 715 g/mol. The Morgan fingerprint density at radius 1 is 0.321 bits per heavy atom. The Balaban J connectivity index is 1.21. The van der Waals surface area contributed by atoms with Gasteiger partial charge in [0.2, 0.25) is 0 Å². The van der Waals surface area contributed by atoms with Gasteiger partial charge < -0.3 is 4.90 Å². The van der Waals surface area contributed by atoms with Crippen LogP contribution in [0.3, 0.4) is 0 Å². The predicted molar refractivity (Wildman–Crippen MR) is 238 cm³/mol. The normalized spacial score (nSPS) is 12.6. The fourth-order valence-corrected chi connectivity index (χ4v) is 8.94. The third-order valence-electron chi connectivity index (χ3n) is 11.7. The molecule has 1 heteroatoms. The van der Waals surface area contributed by atoms with Crippen LogP contribution in [0, 0.1) is 0 Å². The van der Waals surface area contributed by atoms with Crippen molar-refractivity contribution >= 4 is 27.8 Å². The number of benzene rings is 9. The quantitative estimate of drug-likeness (QED) is 0.159. The lowest BCUT2D eigenvalue weighted by Crippen LogP contribution is -2.17. The maximum Gasteiger partial charge on any atom is 0.0540 e. The molecule has 0 amide bonds. The Bertz CT molecular complexity index is 2860. The number of para-hydroxylation sites is 2. The van der Waals surface area contributed by atoms with E-state index in [1.165, 1.54) is 77.5 Å². The number of fused-ring (bicyclic) bond motifs is 4. The van der Waals surface area contributed by atoms with Crippen molar-refractivity contribution in [3.8, 4) is 55.6 Å². The number of anilines is 3. The molecule has 9 aromatic rings. The highest BCUT2D eigenvalue weighted by Gasteiger charge is 2.36. The Morgan fingerprint density at radius 2 is 0.804 bits per heavy atom. The first-order valence-corrected chi connectivity index (χ1v) is 19.5. The summed E-state index contributed by atoms with van der Waals surface area (Å²) in [7, 11) is 0. The van der Waals surface area contributed by atoms with E-state index in [0.717, 1.165) is 17.1 Å². The maximum atomic E-state index is 2.50. The van der Waals surface area contributed by atoms with Crippen LogP contribution in [0.15, 0.2) is 212 Å². The van der Waals surface area contributed by atoms with E-state index in [9.17, 15) is 0 Å². The lowest BCUT2D eigenvalue weighted by Gasteiger charge is -2.31. The smallest absolute Gasteiger partial charge is 0.0540 e. The predicted octanol–water partition coefficient (Wildman–Crippen LogP) is 15.3. The van der Waals surface area contributed by atoms with Crippen molar-refractivity contribution in [3.63, 3.8) is 0 Å². The fourth-order valence-electron chi connectivity index (χ4n) is 8.94. The largest absolute Gasteiger partial charge is 0.309 e. The van der Waals surface area contributed by atoms with Crippen LogP contribution >= 0.6 is 0 Å². The highest BCUT2D eigenvalue weighted by Crippen LogP contribution is 2.52. The van der Waals surface area contributed by atoms with Gasteiger partial charge in [-0.15, -0.1) is 0 Å². The average molecular weight is 716 g/mol. The minimum Gasteiger partial charge on any atom is -0.309 e. The van der Waals surface area contributed by atoms with Crippen molar-refractivity contribution in [2.75, 3.05) is 4.90 Å². The lowest BCUT2D eigenvalue weighted by atomic mass is 9.82. The summed E-state index contributed by atoms with van der Waals surface area (Å²) in [5.41, 5.74) is 18.2. The summed E-state index contributed by atoms with van der Waals surface area (Å²) in [5.74, 6) is 0. The summed E-state index contributed by atoms with van der Waals surface area (Å²) in [4.78, 5) is 2.50. The van der Waals surface area contributed by atoms with E-state index in [-0.39, 0.29) is 5.41 Å². The zero-order valence-corrected chi connectivity index (χ0v) is 31.7. The molecule has 56 heavy (non-hydrogen) atoms. The van der Waals surface area contributed by atoms with Crippen LogP contribution < -0.4 is 4.90 Å². The van der Waals surface area contributed by atoms with Crippen LogP contribution in [0.25, 0.3) is 66.4 Å². The summed E-state index contributed by atoms with van der Waals surface area (Å²) in [6.07, 6.45) is 0. The Morgan fingerprint density at radius 3 is 1.52 bits per heavy atom. The molecule has 0 aromatic heterocycles. The van der Waals surface area contributed by atoms with Gasteiger partial charge in [0.1, 0.15) is 0 Å². The standard InChI is InChI=1S/C55H41N/c1-55(2)50-28-12-9-24-46(50)47-36-35-43(37-51(47)55)56(52-29-13-10-23-44(52)41-33-31-39(32-34-41)38-17-5-3-6-18-38)53-30-14-11-25-48(53)49-27-16-22-42-21-15-26-45(54(42)49)40-19-7-4-8-20-40/h3-37H,1-2H3. The SMILES string of the molecule is CC1(C)c2ccccc2-c2ccc(N(c3ccccc3-c3ccc(-c4ccccc4)cc3)c3ccccc3-c3cccc4cccc(-c5ccccc5)c34)cc21. The van der Waals surface area contributed by atoms with Crippen LogP contribution in [-0.2, 0) is 5.41 Å². The van der Waals surface area contributed by atoms with Gasteiger partial charge in [-0.3, -0.25) is 0 Å². The van der Waals surface area contributed by atoms with Gasteiger partial charge in [0.15, 0.2) is 0 Å². The lowest BCUT2D eigenvalue weighted by molar-refractivity contribution is 0.660. The molecule has 1 nitrogen and oxygen atoms in total. The van der Waals surface area contributed by atoms with Crippen molar-refractivity contribution < 1.29 is 0 Å². The topological polar surface area (TPSA) is 3.24 Å². The molecule has 0 spiro atoms. The second kappa shape index (κ2) is 13.7. The summed E-state index contributed by atoms with van der Waals surface area (Å²) < 4.78 is 0. The van der Waals surface area contributed by atoms with E-state index < -0.39 is 0 Å². The van der Waals surface area contributed by atoms with Gasteiger partial charge in [-0.05, 0) is 90.7 Å². The summed E-state index contributed by atoms with van der Waals surface area (Å²) in [5, 5.41) is 2.48. The van der Waals surface area contributed by atoms with E-state index in [4.69, 9.17) is 0 Å². The fraction of sp³-hybridized carbons (Fsp3) is 0.0545. The van der Waals surface area contributed by atoms with Gasteiger partial charge >= 0.3 is 0 Å². The van der Waals surface area contributed by atoms with E-state index >= 15 is 0 Å². The molecule has 0 N–H and O–H groups in total. The molecule has 0 atom stereocenters. The number of nitrogens with zero attached hydrogens (tertiary/aromatic N) is 1. The number of hydrogen-bond acceptors (Lipinski definition) is 1. The zero-order chi connectivity index (χ0) is 37.6. The highest BCUT2D eigenvalue weighted by molar-refractivity contribution is 6.09. The number of hydrogen-bond donors (Lipinski definition) is 0. The Kier molecular flexibility index (Phi) is 8.23. The molecule has 0 saturated carbocycles. The second-order valence-corrected chi connectivity index (χ2v) is 15.3. The molecule has 1 aliphatic rings. The number of rotatable bonds is 7. The molecule has 266 valence electrons. The summed E-state index contributed by atoms with van der Waals surface area (Å²) in [6.45, 7) is 4.73. The van der Waals surface area contributed by atoms with Gasteiger partial charge in [-0.25, -0.2) is 0 Å². The van der Waals surface area contributed by atoms with Gasteiger partial charge in [0.05, 0.1) is 11.4 Å². The second-order valence-electron chi connectivity index (χ2n) is 15.3. The van der Waals surface area contributed by atoms with E-state index in [2.05, 4.69) is 231 Å². The maximum absolute atomic E-state index is 2.50. The first-order chi connectivity index (χ1) is 27.6. The van der Waals surface area contributed by atoms with Crippen molar-refractivity contribution in [2.45, 2.75) is 19.3 Å². The Hall–Kier alpha value is -6.96. The average Bonchev–Trinajstić information content (AvgIpc) is 3.49. The first kappa shape index (κ1) is 33.6.